The number of aryl methyl sites for hydroxylation is 1. The van der Waals surface area contributed by atoms with E-state index < -0.39 is 124 Å². The van der Waals surface area contributed by atoms with Crippen LogP contribution >= 0.6 is 7.82 Å². The third kappa shape index (κ3) is 13.6. The highest BCUT2D eigenvalue weighted by molar-refractivity contribution is 7.47. The number of anilines is 1. The number of nitrogens with two attached hydrogens (primary N) is 1. The van der Waals surface area contributed by atoms with Gasteiger partial charge in [0.1, 0.15) is 36.3 Å². The Balaban J connectivity index is 1.27. The van der Waals surface area contributed by atoms with Gasteiger partial charge in [0, 0.05) is 50.1 Å². The number of carboxylic acids is 1. The Hall–Kier alpha value is -4.27. The van der Waals surface area contributed by atoms with Crippen LogP contribution in [0.5, 0.6) is 0 Å². The largest absolute Gasteiger partial charge is 0.477 e. The Morgan fingerprint density at radius 3 is 2.44 bits per heavy atom. The number of nitrogens with one attached hydrogen (secondary N) is 2. The summed E-state index contributed by atoms with van der Waals surface area (Å²) < 4.78 is 40.0. The van der Waals surface area contributed by atoms with Crippen molar-refractivity contribution in [2.75, 3.05) is 45.3 Å². The molecule has 3 heterocycles. The van der Waals surface area contributed by atoms with Crippen molar-refractivity contribution in [3.8, 4) is 0 Å². The summed E-state index contributed by atoms with van der Waals surface area (Å²) in [5.41, 5.74) is 6.16. The summed E-state index contributed by atoms with van der Waals surface area (Å²) in [5, 5.41) is 77.9. The summed E-state index contributed by atoms with van der Waals surface area (Å²) in [7, 11) is -5.63. The van der Waals surface area contributed by atoms with Crippen LogP contribution in [0, 0.1) is 5.92 Å². The molecular weight excluding hydrogens is 849 g/mol. The number of carboxylic acid groups (broad SMARTS) is 1. The van der Waals surface area contributed by atoms with Crippen molar-refractivity contribution >= 4 is 37.2 Å². The van der Waals surface area contributed by atoms with E-state index in [0.717, 1.165) is 29.2 Å². The van der Waals surface area contributed by atoms with Crippen molar-refractivity contribution in [1.82, 2.24) is 20.2 Å². The summed E-state index contributed by atoms with van der Waals surface area (Å²) in [6, 6.07) is 8.51. The van der Waals surface area contributed by atoms with Crippen LogP contribution in [0.4, 0.5) is 5.82 Å². The van der Waals surface area contributed by atoms with Crippen molar-refractivity contribution in [2.24, 2.45) is 5.92 Å². The first-order valence-electron chi connectivity index (χ1n) is 19.6. The molecule has 1 aromatic carbocycles. The zero-order chi connectivity index (χ0) is 45.8. The Bertz CT molecular complexity index is 1940. The van der Waals surface area contributed by atoms with Gasteiger partial charge in [-0.15, -0.1) is 0 Å². The van der Waals surface area contributed by atoms with Gasteiger partial charge in [-0.1, -0.05) is 25.5 Å². The number of aliphatic hydroxyl groups is 6. The number of amides is 2. The quantitative estimate of drug-likeness (QED) is 0.0372. The molecule has 11 atom stereocenters. The molecule has 2 fully saturated rings. The van der Waals surface area contributed by atoms with Crippen LogP contribution in [0.2, 0.25) is 0 Å². The van der Waals surface area contributed by atoms with Crippen molar-refractivity contribution in [3.63, 3.8) is 0 Å². The number of rotatable bonds is 24. The Labute approximate surface area is 354 Å². The molecule has 2 amide bonds. The average Bonchev–Trinajstić information content (AvgIpc) is 3.50. The Morgan fingerprint density at radius 2 is 1.79 bits per heavy atom. The van der Waals surface area contributed by atoms with Crippen LogP contribution in [-0.4, -0.2) is 162 Å². The van der Waals surface area contributed by atoms with Gasteiger partial charge in [0.2, 0.25) is 5.91 Å². The lowest BCUT2D eigenvalue weighted by Crippen LogP contribution is -2.62. The second-order valence-electron chi connectivity index (χ2n) is 14.7. The molecule has 25 heteroatoms. The zero-order valence-electron chi connectivity index (χ0n) is 33.6. The molecule has 2 aliphatic rings. The van der Waals surface area contributed by atoms with Crippen LogP contribution in [0.3, 0.4) is 0 Å². The number of Topliss-reactive ketones (excluding diaryl/α,β-unsaturated/α-hetero) is 1. The number of carbonyl (C=O) groups excluding carboxylic acids is 3. The highest BCUT2D eigenvalue weighted by Crippen LogP contribution is 2.52. The average molecular weight is 904 g/mol. The van der Waals surface area contributed by atoms with Gasteiger partial charge in [0.25, 0.3) is 11.7 Å². The lowest BCUT2D eigenvalue weighted by atomic mass is 9.80. The van der Waals surface area contributed by atoms with Gasteiger partial charge >= 0.3 is 19.5 Å². The molecule has 0 saturated carbocycles. The molecule has 24 nitrogen and oxygen atoms in total. The molecule has 0 aliphatic carbocycles. The number of aliphatic carboxylic acids is 1. The highest BCUT2D eigenvalue weighted by atomic mass is 31.2. The molecule has 346 valence electrons. The van der Waals surface area contributed by atoms with E-state index in [0.29, 0.717) is 18.5 Å². The fourth-order valence-corrected chi connectivity index (χ4v) is 7.67. The van der Waals surface area contributed by atoms with E-state index in [2.05, 4.69) is 22.5 Å². The Morgan fingerprint density at radius 1 is 1.08 bits per heavy atom. The minimum atomic E-state index is -5.63. The first-order valence-corrected chi connectivity index (χ1v) is 21.1. The zero-order valence-corrected chi connectivity index (χ0v) is 34.5. The SMILES string of the molecule is CCCc1ccc(C(=O)NCCCOCCC(=O)NCC(=O)CC2C(O)CC(OP(=O)(O)OC[C@H]3O[C@@H](n4ccc(N)nc4=O)C(O)[C@H]3O)(C(=O)O)OC2C(O)[C@H](O)CO)cc1. The fourth-order valence-electron chi connectivity index (χ4n) is 6.71. The van der Waals surface area contributed by atoms with Crippen LogP contribution < -0.4 is 22.1 Å². The van der Waals surface area contributed by atoms with Gasteiger partial charge in [-0.25, -0.2) is 18.7 Å². The number of aliphatic hydroxyl groups excluding tert-OH is 6. The highest BCUT2D eigenvalue weighted by Gasteiger charge is 2.59. The number of hydrogen-bond donors (Lipinski definition) is 11. The second-order valence-corrected chi connectivity index (χ2v) is 16.1. The van der Waals surface area contributed by atoms with E-state index in [1.165, 1.54) is 6.07 Å². The van der Waals surface area contributed by atoms with E-state index in [4.69, 9.17) is 29.0 Å². The van der Waals surface area contributed by atoms with Crippen LogP contribution in [0.25, 0.3) is 0 Å². The molecule has 0 spiro atoms. The third-order valence-corrected chi connectivity index (χ3v) is 11.0. The molecule has 2 aliphatic heterocycles. The van der Waals surface area contributed by atoms with E-state index in [1.807, 2.05) is 12.1 Å². The number of aromatic nitrogens is 2. The fraction of sp³-hybridized carbons (Fsp3) is 0.622. The number of ketones is 1. The minimum absolute atomic E-state index is 0.0234. The standard InChI is InChI=1S/C37H54N5O19P/c1-2-4-20-5-7-21(8-6-20)33(51)39-11-3-13-57-14-10-28(47)40-17-22(44)15-23-24(45)16-37(35(52)53,60-32(23)29(48)25(46)18-43)61-62(55,56)58-19-26-30(49)31(50)34(59-26)42-12-9-27(38)41-36(42)54/h5-9,12,23-26,29-32,34,43,45-46,48-50H,2-4,10-11,13-19H2,1H3,(H,39,51)(H,40,47)(H,52,53)(H,55,56)(H2,38,41,54)/t23?,24?,25-,26-,29?,30+,31?,32?,34-,37?/m1/s1. The van der Waals surface area contributed by atoms with Gasteiger partial charge in [-0.2, -0.15) is 4.98 Å². The van der Waals surface area contributed by atoms with Crippen molar-refractivity contribution in [2.45, 2.75) is 100 Å². The Kier molecular flexibility index (Phi) is 18.6. The first-order chi connectivity index (χ1) is 29.3. The topological polar surface area (TPSA) is 378 Å². The number of phosphoric ester groups is 1. The summed E-state index contributed by atoms with van der Waals surface area (Å²) >= 11 is 0. The molecule has 0 bridgehead atoms. The van der Waals surface area contributed by atoms with E-state index in [-0.39, 0.29) is 31.4 Å². The van der Waals surface area contributed by atoms with Gasteiger partial charge in [-0.3, -0.25) is 23.5 Å². The molecule has 2 aromatic rings. The summed E-state index contributed by atoms with van der Waals surface area (Å²) in [6.45, 7) is -0.185. The molecule has 4 rings (SSSR count). The van der Waals surface area contributed by atoms with Gasteiger partial charge in [0.05, 0.1) is 38.6 Å². The molecule has 7 unspecified atom stereocenters. The van der Waals surface area contributed by atoms with Gasteiger partial charge < -0.3 is 71.2 Å². The molecule has 2 saturated heterocycles. The maximum absolute atomic E-state index is 13.1. The number of carbonyl (C=O) groups is 4. The molecule has 62 heavy (non-hydrogen) atoms. The van der Waals surface area contributed by atoms with Crippen LogP contribution in [0.15, 0.2) is 41.3 Å². The predicted molar refractivity (Wildman–Crippen MR) is 210 cm³/mol. The first kappa shape index (κ1) is 50.4. The normalized spacial score (nSPS) is 26.9. The number of nitrogen functional groups attached to an aromatic ring is 1. The minimum Gasteiger partial charge on any atom is -0.477 e. The number of phosphoric acid groups is 1. The summed E-state index contributed by atoms with van der Waals surface area (Å²) in [4.78, 5) is 76.6. The number of hydrogen-bond acceptors (Lipinski definition) is 19. The molecule has 12 N–H and O–H groups in total. The number of nitrogens with zero attached hydrogens (tertiary/aromatic N) is 2. The lowest BCUT2D eigenvalue weighted by Gasteiger charge is -2.46. The van der Waals surface area contributed by atoms with Gasteiger partial charge in [0.15, 0.2) is 12.0 Å². The third-order valence-electron chi connectivity index (χ3n) is 10.0. The van der Waals surface area contributed by atoms with Crippen molar-refractivity contribution in [1.29, 1.82) is 0 Å². The molecular formula is C37H54N5O19P. The summed E-state index contributed by atoms with van der Waals surface area (Å²) in [5.74, 6) is -8.72. The van der Waals surface area contributed by atoms with E-state index in [1.54, 1.807) is 12.1 Å². The molecule has 0 radical (unpaired) electrons. The number of ether oxygens (including phenoxy) is 3. The smallest absolute Gasteiger partial charge is 0.475 e. The predicted octanol–water partition coefficient (Wildman–Crippen LogP) is -2.91. The summed E-state index contributed by atoms with van der Waals surface area (Å²) in [6.07, 6.45) is -13.7. The van der Waals surface area contributed by atoms with Gasteiger partial charge in [-0.05, 0) is 36.6 Å². The van der Waals surface area contributed by atoms with Crippen molar-refractivity contribution < 1.29 is 87.6 Å². The monoisotopic (exact) mass is 903 g/mol. The maximum Gasteiger partial charge on any atom is 0.475 e. The van der Waals surface area contributed by atoms with E-state index in [9.17, 15) is 69.2 Å². The second kappa shape index (κ2) is 22.9. The molecule has 1 aromatic heterocycles. The number of benzene rings is 1. The van der Waals surface area contributed by atoms with Crippen LogP contribution in [-0.2, 0) is 48.6 Å². The van der Waals surface area contributed by atoms with Crippen molar-refractivity contribution in [3.05, 3.63) is 58.1 Å². The maximum atomic E-state index is 13.1. The van der Waals surface area contributed by atoms with E-state index >= 15 is 0 Å². The lowest BCUT2D eigenvalue weighted by molar-refractivity contribution is -0.298. The van der Waals surface area contributed by atoms with Crippen LogP contribution in [0.1, 0.15) is 61.2 Å².